The van der Waals surface area contributed by atoms with E-state index in [4.69, 9.17) is 47.0 Å². The summed E-state index contributed by atoms with van der Waals surface area (Å²) in [5, 5.41) is 5.86. The zero-order chi connectivity index (χ0) is 16.5. The van der Waals surface area contributed by atoms with Gasteiger partial charge in [0.25, 0.3) is 0 Å². The molecule has 20 heavy (non-hydrogen) atoms. The number of hydrogen-bond acceptors (Lipinski definition) is 4. The topological polar surface area (TPSA) is 175 Å². The van der Waals surface area contributed by atoms with Crippen LogP contribution in [0.25, 0.3) is 36.9 Å². The van der Waals surface area contributed by atoms with E-state index in [9.17, 15) is 4.39 Å². The Labute approximate surface area is 147 Å². The minimum Gasteiger partial charge on any atom is -0.433 e. The van der Waals surface area contributed by atoms with Crippen LogP contribution in [0, 0.1) is 0 Å². The third-order valence-electron chi connectivity index (χ3n) is 0.594. The van der Waals surface area contributed by atoms with Crippen LogP contribution >= 0.6 is 23.5 Å². The van der Waals surface area contributed by atoms with Crippen LogP contribution in [0.2, 0.25) is 0 Å². The van der Waals surface area contributed by atoms with Crippen LogP contribution < -0.4 is 29.6 Å². The first-order valence-corrected chi connectivity index (χ1v) is 4.81. The summed E-state index contributed by atoms with van der Waals surface area (Å²) in [7, 11) is -1.00. The van der Waals surface area contributed by atoms with E-state index in [1.165, 1.54) is 4.91 Å². The summed E-state index contributed by atoms with van der Waals surface area (Å²) in [4.78, 5) is 10.5. The van der Waals surface area contributed by atoms with Crippen molar-refractivity contribution in [3.8, 4) is 0 Å². The normalized spacial score (nSPS) is 6.45. The summed E-state index contributed by atoms with van der Waals surface area (Å²) in [5.41, 5.74) is 28.9. The Morgan fingerprint density at radius 1 is 1.25 bits per heavy atom. The van der Waals surface area contributed by atoms with Gasteiger partial charge in [-0.2, -0.15) is 0 Å². The molecule has 11 nitrogen and oxygen atoms in total. The maximum atomic E-state index is 9.96. The predicted octanol–water partition coefficient (Wildman–Crippen LogP) is 1.39. The van der Waals surface area contributed by atoms with Crippen LogP contribution in [0.4, 0.5) is 4.39 Å². The molecule has 0 rings (SSSR count). The average molecular weight is 343 g/mol. The van der Waals surface area contributed by atoms with Gasteiger partial charge >= 0.3 is 29.6 Å². The summed E-state index contributed by atoms with van der Waals surface area (Å²) in [5.74, 6) is 0.462. The molecule has 0 saturated carbocycles. The minimum absolute atomic E-state index is 0. The van der Waals surface area contributed by atoms with Gasteiger partial charge in [-0.15, -0.1) is 11.6 Å². The number of alkyl halides is 2. The summed E-state index contributed by atoms with van der Waals surface area (Å²) < 4.78 is 19.5. The molecule has 0 aliphatic heterocycles. The van der Waals surface area contributed by atoms with Crippen molar-refractivity contribution in [3.63, 3.8) is 0 Å². The molecule has 0 aliphatic carbocycles. The van der Waals surface area contributed by atoms with Crippen LogP contribution in [-0.2, 0) is 9.13 Å². The molecule has 0 aromatic carbocycles. The van der Waals surface area contributed by atoms with Gasteiger partial charge in [0, 0.05) is 15.7 Å². The van der Waals surface area contributed by atoms with Gasteiger partial charge in [-0.25, -0.2) is 0 Å². The third-order valence-corrected chi connectivity index (χ3v) is 0.903. The van der Waals surface area contributed by atoms with E-state index in [0.717, 1.165) is 0 Å². The number of rotatable bonds is 6. The van der Waals surface area contributed by atoms with Crippen molar-refractivity contribution in [1.29, 1.82) is 0 Å². The molecule has 15 heteroatoms. The van der Waals surface area contributed by atoms with E-state index in [-0.39, 0.29) is 42.7 Å². The summed E-state index contributed by atoms with van der Waals surface area (Å²) in [6, 6.07) is 0. The van der Waals surface area contributed by atoms with Crippen molar-refractivity contribution in [2.24, 2.45) is 10.4 Å². The van der Waals surface area contributed by atoms with Gasteiger partial charge in [-0.3, -0.25) is 13.6 Å². The van der Waals surface area contributed by atoms with Crippen molar-refractivity contribution in [2.75, 3.05) is 32.8 Å². The first-order chi connectivity index (χ1) is 9.66. The second-order valence-corrected chi connectivity index (χ2v) is 2.15. The van der Waals surface area contributed by atoms with Crippen molar-refractivity contribution >= 4 is 23.5 Å². The molecular formula is C5H11Cl2FN9NaO2. The van der Waals surface area contributed by atoms with Gasteiger partial charge in [0.2, 0.25) is 0 Å². The molecule has 0 fully saturated rings. The first kappa shape index (κ1) is 27.5. The molecule has 0 unspecified atom stereocenters. The first-order valence-electron chi connectivity index (χ1n) is 4.67. The Balaban J connectivity index is -0.0000000607. The van der Waals surface area contributed by atoms with E-state index in [2.05, 4.69) is 29.3 Å². The molecule has 0 bridgehead atoms. The maximum absolute atomic E-state index is 9.96. The number of halogens is 3. The van der Waals surface area contributed by atoms with Crippen LogP contribution in [0.15, 0.2) is 10.4 Å². The molecular weight excluding hydrogens is 331 g/mol. The molecule has 110 valence electrons. The van der Waals surface area contributed by atoms with Gasteiger partial charge in [0.05, 0.1) is 33.5 Å². The Hall–Kier alpha value is -0.800. The smallest absolute Gasteiger partial charge is 0.433 e. The van der Waals surface area contributed by atoms with Crippen LogP contribution in [-0.4, -0.2) is 32.8 Å². The van der Waals surface area contributed by atoms with Crippen LogP contribution in [0.5, 0.6) is 0 Å². The SMILES string of the molecule is ClCCOCl.[2H]CF.[N-]=[N+]=NCCON=[N+]=[N-].[N-]=[N+]=[N-].[Na+]. The number of nitrogens with zero attached hydrogens (tertiary/aromatic N) is 9. The largest absolute Gasteiger partial charge is 1.00 e. The molecule has 0 aromatic heterocycles. The van der Waals surface area contributed by atoms with Crippen LogP contribution in [0.1, 0.15) is 1.37 Å². The maximum Gasteiger partial charge on any atom is 1.00 e. The molecule has 0 aliphatic rings. The van der Waals surface area contributed by atoms with E-state index in [1.807, 2.05) is 0 Å². The Morgan fingerprint density at radius 3 is 2.00 bits per heavy atom. The molecule has 0 aromatic rings. The van der Waals surface area contributed by atoms with Crippen molar-refractivity contribution in [2.45, 2.75) is 0 Å². The molecule has 0 amide bonds. The molecule has 0 spiro atoms. The van der Waals surface area contributed by atoms with Gasteiger partial charge in [-0.05, 0) is 11.1 Å². The Morgan fingerprint density at radius 2 is 1.75 bits per heavy atom. The number of azide groups is 2. The Kier molecular flexibility index (Phi) is 71.2. The summed E-state index contributed by atoms with van der Waals surface area (Å²) >= 11 is 9.81. The van der Waals surface area contributed by atoms with Gasteiger partial charge in [0.1, 0.15) is 11.9 Å². The second-order valence-electron chi connectivity index (χ2n) is 1.55. The van der Waals surface area contributed by atoms with Gasteiger partial charge in [0.15, 0.2) is 0 Å². The fourth-order valence-electron chi connectivity index (χ4n) is 0.222. The minimum atomic E-state index is -1.00. The van der Waals surface area contributed by atoms with Crippen LogP contribution in [0.3, 0.4) is 0 Å². The molecule has 0 N–H and O–H groups in total. The van der Waals surface area contributed by atoms with E-state index < -0.39 is 7.15 Å². The summed E-state index contributed by atoms with van der Waals surface area (Å²) in [6.07, 6.45) is 0. The fourth-order valence-corrected chi connectivity index (χ4v) is 0.455. The molecule has 0 saturated heterocycles. The van der Waals surface area contributed by atoms with Gasteiger partial charge in [-0.1, -0.05) is 5.11 Å². The quantitative estimate of drug-likeness (QED) is 0.135. The van der Waals surface area contributed by atoms with E-state index in [0.29, 0.717) is 12.5 Å². The monoisotopic (exact) mass is 342 g/mol. The zero-order valence-corrected chi connectivity index (χ0v) is 14.0. The van der Waals surface area contributed by atoms with Crippen molar-refractivity contribution < 1.29 is 44.4 Å². The zero-order valence-electron chi connectivity index (χ0n) is 11.5. The Bertz CT molecular complexity index is 280. The standard InChI is InChI=1S/C2H4Cl2O.C2H4N6O.CH3F.N3.Na/c3-1-2-5-4;3-6-5-1-2-9-8-7-4;1-2;1-3-2;/h1-2H2;1-2H2;1H3;;/q;;;-1;+1/i;;1D;;. The molecule has 0 heterocycles. The second kappa shape index (κ2) is 51.8. The van der Waals surface area contributed by atoms with Crippen molar-refractivity contribution in [3.05, 3.63) is 36.9 Å². The predicted molar refractivity (Wildman–Crippen MR) is 68.7 cm³/mol. The van der Waals surface area contributed by atoms with Gasteiger partial charge < -0.3 is 15.9 Å². The third kappa shape index (κ3) is 87.1. The van der Waals surface area contributed by atoms with Crippen molar-refractivity contribution in [1.82, 2.24) is 0 Å². The van der Waals surface area contributed by atoms with E-state index >= 15 is 0 Å². The number of hydrogen-bond donors (Lipinski definition) is 0. The summed E-state index contributed by atoms with van der Waals surface area (Å²) in [6.45, 7) is 0.715. The average Bonchev–Trinajstić information content (AvgIpc) is 2.42. The molecule has 0 atom stereocenters. The molecule has 0 radical (unpaired) electrons. The van der Waals surface area contributed by atoms with E-state index in [1.54, 1.807) is 0 Å². The fraction of sp³-hybridized carbons (Fsp3) is 1.00.